The minimum absolute atomic E-state index is 0.0171. The number of rotatable bonds is 7. The Morgan fingerprint density at radius 2 is 1.82 bits per heavy atom. The quantitative estimate of drug-likeness (QED) is 0.421. The Kier molecular flexibility index (Phi) is 5.78. The lowest BCUT2D eigenvalue weighted by molar-refractivity contribution is 0.478. The van der Waals surface area contributed by atoms with Crippen LogP contribution in [0, 0.1) is 6.92 Å². The Labute approximate surface area is 193 Å². The first-order valence-electron chi connectivity index (χ1n) is 10.9. The molecule has 0 aliphatic carbocycles. The third kappa shape index (κ3) is 4.58. The van der Waals surface area contributed by atoms with E-state index < -0.39 is 10.0 Å². The number of sulfonamides is 1. The van der Waals surface area contributed by atoms with E-state index in [9.17, 15) is 8.42 Å². The van der Waals surface area contributed by atoms with Crippen LogP contribution in [0.1, 0.15) is 18.4 Å². The maximum atomic E-state index is 12.9. The molecule has 4 aromatic rings. The molecule has 1 aliphatic heterocycles. The molecule has 1 aliphatic rings. The molecule has 1 unspecified atom stereocenters. The van der Waals surface area contributed by atoms with E-state index >= 15 is 0 Å². The number of ether oxygens (including phenoxy) is 1. The molecule has 7 nitrogen and oxygen atoms in total. The van der Waals surface area contributed by atoms with E-state index in [1.807, 2.05) is 60.4 Å². The van der Waals surface area contributed by atoms with Gasteiger partial charge in [0.25, 0.3) is 6.01 Å². The second kappa shape index (κ2) is 8.88. The molecule has 5 rings (SSSR count). The van der Waals surface area contributed by atoms with Crippen molar-refractivity contribution in [1.29, 1.82) is 0 Å². The molecule has 2 heterocycles. The lowest BCUT2D eigenvalue weighted by atomic mass is 10.2. The molecule has 3 aromatic carbocycles. The molecule has 0 saturated carbocycles. The number of fused-ring (bicyclic) bond motifs is 1. The lowest BCUT2D eigenvalue weighted by Gasteiger charge is -2.23. The molecule has 1 aromatic heterocycles. The number of aryl methyl sites for hydroxylation is 1. The SMILES string of the molecule is Cc1ccccc1Oc1ccc(S(=O)(=O)NCC2CCCN2c2nc3ccccc3o2)cc1. The maximum Gasteiger partial charge on any atom is 0.298 e. The molecular weight excluding hydrogens is 438 g/mol. The molecule has 1 fully saturated rings. The van der Waals surface area contributed by atoms with E-state index in [2.05, 4.69) is 9.71 Å². The zero-order chi connectivity index (χ0) is 22.8. The van der Waals surface area contributed by atoms with Crippen LogP contribution < -0.4 is 14.4 Å². The lowest BCUT2D eigenvalue weighted by Crippen LogP contribution is -2.40. The zero-order valence-corrected chi connectivity index (χ0v) is 19.1. The monoisotopic (exact) mass is 463 g/mol. The maximum absolute atomic E-state index is 12.9. The van der Waals surface area contributed by atoms with Crippen molar-refractivity contribution in [3.63, 3.8) is 0 Å². The topological polar surface area (TPSA) is 84.7 Å². The van der Waals surface area contributed by atoms with Gasteiger partial charge < -0.3 is 14.1 Å². The third-order valence-corrected chi connectivity index (χ3v) is 7.31. The number of para-hydroxylation sites is 3. The Bertz CT molecular complexity index is 1330. The van der Waals surface area contributed by atoms with Crippen LogP contribution >= 0.6 is 0 Å². The summed E-state index contributed by atoms with van der Waals surface area (Å²) in [6, 6.07) is 22.3. The van der Waals surface area contributed by atoms with Gasteiger partial charge in [0, 0.05) is 19.1 Å². The fraction of sp³-hybridized carbons (Fsp3) is 0.240. The van der Waals surface area contributed by atoms with Gasteiger partial charge in [0.1, 0.15) is 17.0 Å². The zero-order valence-electron chi connectivity index (χ0n) is 18.3. The third-order valence-electron chi connectivity index (χ3n) is 5.87. The minimum atomic E-state index is -3.66. The van der Waals surface area contributed by atoms with Crippen LogP contribution in [0.25, 0.3) is 11.1 Å². The van der Waals surface area contributed by atoms with Crippen LogP contribution in [0.2, 0.25) is 0 Å². The van der Waals surface area contributed by atoms with Crippen molar-refractivity contribution < 1.29 is 17.6 Å². The van der Waals surface area contributed by atoms with Crippen molar-refractivity contribution in [3.05, 3.63) is 78.4 Å². The first kappa shape index (κ1) is 21.5. The van der Waals surface area contributed by atoms with Crippen molar-refractivity contribution in [2.45, 2.75) is 30.7 Å². The predicted molar refractivity (Wildman–Crippen MR) is 127 cm³/mol. The van der Waals surface area contributed by atoms with Gasteiger partial charge in [-0.05, 0) is 67.8 Å². The fourth-order valence-electron chi connectivity index (χ4n) is 4.06. The van der Waals surface area contributed by atoms with Crippen molar-refractivity contribution >= 4 is 27.1 Å². The summed E-state index contributed by atoms with van der Waals surface area (Å²) in [5.74, 6) is 1.33. The largest absolute Gasteiger partial charge is 0.457 e. The molecule has 8 heteroatoms. The van der Waals surface area contributed by atoms with Gasteiger partial charge in [-0.3, -0.25) is 0 Å². The molecule has 0 amide bonds. The Morgan fingerprint density at radius 1 is 1.06 bits per heavy atom. The highest BCUT2D eigenvalue weighted by molar-refractivity contribution is 7.89. The summed E-state index contributed by atoms with van der Waals surface area (Å²) in [5, 5.41) is 0. The van der Waals surface area contributed by atoms with Crippen molar-refractivity contribution in [2.24, 2.45) is 0 Å². The molecule has 0 bridgehead atoms. The van der Waals surface area contributed by atoms with Gasteiger partial charge in [-0.1, -0.05) is 30.3 Å². The van der Waals surface area contributed by atoms with Gasteiger partial charge in [-0.15, -0.1) is 0 Å². The molecule has 0 radical (unpaired) electrons. The summed E-state index contributed by atoms with van der Waals surface area (Å²) in [4.78, 5) is 6.81. The molecule has 0 spiro atoms. The van der Waals surface area contributed by atoms with E-state index in [0.717, 1.165) is 41.8 Å². The van der Waals surface area contributed by atoms with Gasteiger partial charge in [0.2, 0.25) is 10.0 Å². The summed E-state index contributed by atoms with van der Waals surface area (Å²) in [6.45, 7) is 3.03. The van der Waals surface area contributed by atoms with Crippen LogP contribution in [-0.4, -0.2) is 32.5 Å². The van der Waals surface area contributed by atoms with E-state index in [1.165, 1.54) is 0 Å². The highest BCUT2D eigenvalue weighted by atomic mass is 32.2. The van der Waals surface area contributed by atoms with Crippen LogP contribution in [-0.2, 0) is 10.0 Å². The highest BCUT2D eigenvalue weighted by Gasteiger charge is 2.29. The van der Waals surface area contributed by atoms with E-state index in [1.54, 1.807) is 24.3 Å². The summed E-state index contributed by atoms with van der Waals surface area (Å²) in [6.07, 6.45) is 1.82. The van der Waals surface area contributed by atoms with Crippen LogP contribution in [0.3, 0.4) is 0 Å². The second-order valence-corrected chi connectivity index (χ2v) is 9.91. The first-order valence-corrected chi connectivity index (χ1v) is 12.4. The number of hydrogen-bond acceptors (Lipinski definition) is 6. The Morgan fingerprint density at radius 3 is 2.61 bits per heavy atom. The van der Waals surface area contributed by atoms with Gasteiger partial charge in [-0.25, -0.2) is 13.1 Å². The Balaban J connectivity index is 1.25. The molecule has 170 valence electrons. The fourth-order valence-corrected chi connectivity index (χ4v) is 5.13. The average molecular weight is 464 g/mol. The minimum Gasteiger partial charge on any atom is -0.457 e. The second-order valence-electron chi connectivity index (χ2n) is 8.14. The number of benzene rings is 3. The van der Waals surface area contributed by atoms with E-state index in [-0.39, 0.29) is 17.5 Å². The van der Waals surface area contributed by atoms with Crippen molar-refractivity contribution in [1.82, 2.24) is 9.71 Å². The smallest absolute Gasteiger partial charge is 0.298 e. The molecule has 1 N–H and O–H groups in total. The molecule has 1 saturated heterocycles. The number of nitrogens with zero attached hydrogens (tertiary/aromatic N) is 2. The highest BCUT2D eigenvalue weighted by Crippen LogP contribution is 2.29. The first-order chi connectivity index (χ1) is 16.0. The summed E-state index contributed by atoms with van der Waals surface area (Å²) in [5.41, 5.74) is 2.54. The predicted octanol–water partition coefficient (Wildman–Crippen LogP) is 4.88. The van der Waals surface area contributed by atoms with Crippen LogP contribution in [0.4, 0.5) is 6.01 Å². The van der Waals surface area contributed by atoms with Gasteiger partial charge >= 0.3 is 0 Å². The van der Waals surface area contributed by atoms with Gasteiger partial charge in [0.05, 0.1) is 4.90 Å². The van der Waals surface area contributed by atoms with Crippen LogP contribution in [0.15, 0.2) is 82.1 Å². The summed E-state index contributed by atoms with van der Waals surface area (Å²) < 4.78 is 40.3. The number of oxazole rings is 1. The number of hydrogen-bond donors (Lipinski definition) is 1. The molecule has 1 atom stereocenters. The normalized spacial score (nSPS) is 16.4. The molecular formula is C25H25N3O4S. The van der Waals surface area contributed by atoms with Crippen molar-refractivity contribution in [2.75, 3.05) is 18.0 Å². The number of aromatic nitrogens is 1. The summed E-state index contributed by atoms with van der Waals surface area (Å²) in [7, 11) is -3.66. The van der Waals surface area contributed by atoms with Crippen molar-refractivity contribution in [3.8, 4) is 11.5 Å². The number of nitrogens with one attached hydrogen (secondary N) is 1. The number of anilines is 1. The average Bonchev–Trinajstić information content (AvgIpc) is 3.46. The van der Waals surface area contributed by atoms with Gasteiger partial charge in [0.15, 0.2) is 5.58 Å². The Hall–Kier alpha value is -3.36. The van der Waals surface area contributed by atoms with E-state index in [0.29, 0.717) is 11.8 Å². The standard InChI is InChI=1S/C25H25N3O4S/c1-18-7-2-4-10-23(18)31-20-12-14-21(15-13-20)33(29,30)26-17-19-8-6-16-28(19)25-27-22-9-3-5-11-24(22)32-25/h2-5,7,9-15,19,26H,6,8,16-17H2,1H3. The molecule has 33 heavy (non-hydrogen) atoms. The van der Waals surface area contributed by atoms with Gasteiger partial charge in [-0.2, -0.15) is 4.98 Å². The van der Waals surface area contributed by atoms with E-state index in [4.69, 9.17) is 9.15 Å². The van der Waals surface area contributed by atoms with Crippen LogP contribution in [0.5, 0.6) is 11.5 Å². The summed E-state index contributed by atoms with van der Waals surface area (Å²) >= 11 is 0.